The average Bonchev–Trinajstić information content (AvgIpc) is 2.86. The van der Waals surface area contributed by atoms with E-state index in [4.69, 9.17) is 0 Å². The van der Waals surface area contributed by atoms with Crippen LogP contribution < -0.4 is 0 Å². The summed E-state index contributed by atoms with van der Waals surface area (Å²) in [6.07, 6.45) is 2.28. The second-order valence-corrected chi connectivity index (χ2v) is 5.38. The summed E-state index contributed by atoms with van der Waals surface area (Å²) < 4.78 is 0. The fourth-order valence-electron chi connectivity index (χ4n) is 2.73. The predicted molar refractivity (Wildman–Crippen MR) is 72.5 cm³/mol. The third kappa shape index (κ3) is 1.28. The Hall–Kier alpha value is -1.67. The zero-order chi connectivity index (χ0) is 11.2. The molecule has 0 amide bonds. The number of rotatable bonds is 0. The molecule has 82 valence electrons. The van der Waals surface area contributed by atoms with E-state index in [0.29, 0.717) is 0 Å². The maximum atomic E-state index is 4.52. The topological polar surface area (TPSA) is 12.9 Å². The van der Waals surface area contributed by atoms with Crippen molar-refractivity contribution in [2.75, 3.05) is 0 Å². The number of benzene rings is 2. The van der Waals surface area contributed by atoms with Gasteiger partial charge >= 0.3 is 0 Å². The Kier molecular flexibility index (Phi) is 1.88. The van der Waals surface area contributed by atoms with Gasteiger partial charge in [0.05, 0.1) is 11.2 Å². The lowest BCUT2D eigenvalue weighted by Gasteiger charge is -2.17. The predicted octanol–water partition coefficient (Wildman–Crippen LogP) is 4.06. The van der Waals surface area contributed by atoms with Gasteiger partial charge in [0.2, 0.25) is 0 Å². The number of aromatic nitrogens is 1. The van der Waals surface area contributed by atoms with Crippen molar-refractivity contribution in [2.24, 2.45) is 0 Å². The molecule has 4 rings (SSSR count). The van der Waals surface area contributed by atoms with Crippen LogP contribution in [0.5, 0.6) is 0 Å². The highest BCUT2D eigenvalue weighted by Gasteiger charge is 2.19. The number of thiazole rings is 1. The Morgan fingerprint density at radius 2 is 1.94 bits per heavy atom. The van der Waals surface area contributed by atoms with Gasteiger partial charge in [0.15, 0.2) is 0 Å². The van der Waals surface area contributed by atoms with Crippen molar-refractivity contribution in [3.05, 3.63) is 52.3 Å². The van der Waals surface area contributed by atoms with E-state index in [1.54, 1.807) is 11.3 Å². The molecule has 0 saturated carbocycles. The van der Waals surface area contributed by atoms with Gasteiger partial charge in [-0.15, -0.1) is 11.3 Å². The van der Waals surface area contributed by atoms with Crippen LogP contribution in [0.25, 0.3) is 22.0 Å². The molecule has 0 radical (unpaired) electrons. The minimum atomic E-state index is 1.14. The first kappa shape index (κ1) is 9.37. The molecule has 0 spiro atoms. The summed E-state index contributed by atoms with van der Waals surface area (Å²) in [6, 6.07) is 13.1. The lowest BCUT2D eigenvalue weighted by atomic mass is 9.89. The maximum absolute atomic E-state index is 4.52. The van der Waals surface area contributed by atoms with Crippen LogP contribution in [0, 0.1) is 0 Å². The Morgan fingerprint density at radius 1 is 1.00 bits per heavy atom. The van der Waals surface area contributed by atoms with E-state index in [-0.39, 0.29) is 0 Å². The van der Waals surface area contributed by atoms with Crippen molar-refractivity contribution in [3.63, 3.8) is 0 Å². The number of hydrogen-bond acceptors (Lipinski definition) is 2. The number of fused-ring (bicyclic) bond motifs is 5. The van der Waals surface area contributed by atoms with Gasteiger partial charge in [-0.1, -0.05) is 36.4 Å². The van der Waals surface area contributed by atoms with Gasteiger partial charge in [-0.05, 0) is 29.2 Å². The van der Waals surface area contributed by atoms with Crippen LogP contribution in [-0.2, 0) is 12.8 Å². The van der Waals surface area contributed by atoms with Crippen LogP contribution in [-0.4, -0.2) is 4.98 Å². The van der Waals surface area contributed by atoms with Crippen molar-refractivity contribution in [2.45, 2.75) is 12.8 Å². The first-order chi connectivity index (χ1) is 8.43. The van der Waals surface area contributed by atoms with Crippen molar-refractivity contribution in [1.29, 1.82) is 0 Å². The zero-order valence-corrected chi connectivity index (χ0v) is 10.1. The molecular formula is C15H11NS. The van der Waals surface area contributed by atoms with Gasteiger partial charge in [0, 0.05) is 10.4 Å². The first-order valence-electron chi connectivity index (χ1n) is 5.87. The Morgan fingerprint density at radius 3 is 2.94 bits per heavy atom. The van der Waals surface area contributed by atoms with Gasteiger partial charge in [-0.3, -0.25) is 0 Å². The van der Waals surface area contributed by atoms with E-state index < -0.39 is 0 Å². The summed E-state index contributed by atoms with van der Waals surface area (Å²) in [5, 5.41) is 2.73. The van der Waals surface area contributed by atoms with E-state index in [0.717, 1.165) is 12.8 Å². The van der Waals surface area contributed by atoms with Crippen LogP contribution in [0.3, 0.4) is 0 Å². The van der Waals surface area contributed by atoms with E-state index in [1.165, 1.54) is 32.5 Å². The molecule has 0 unspecified atom stereocenters. The Balaban J connectivity index is 2.11. The average molecular weight is 237 g/mol. The van der Waals surface area contributed by atoms with Crippen LogP contribution in [0.4, 0.5) is 0 Å². The highest BCUT2D eigenvalue weighted by atomic mass is 32.1. The summed E-state index contributed by atoms with van der Waals surface area (Å²) in [6.45, 7) is 0. The highest BCUT2D eigenvalue weighted by Crippen LogP contribution is 2.37. The first-order valence-corrected chi connectivity index (χ1v) is 6.75. The largest absolute Gasteiger partial charge is 0.244 e. The summed E-state index contributed by atoms with van der Waals surface area (Å²) in [4.78, 5) is 5.96. The molecule has 0 aliphatic heterocycles. The summed E-state index contributed by atoms with van der Waals surface area (Å²) >= 11 is 1.78. The van der Waals surface area contributed by atoms with Gasteiger partial charge in [0.25, 0.3) is 0 Å². The van der Waals surface area contributed by atoms with Crippen molar-refractivity contribution in [3.8, 4) is 11.3 Å². The third-order valence-corrected chi connectivity index (χ3v) is 4.43. The summed E-state index contributed by atoms with van der Waals surface area (Å²) in [7, 11) is 0. The molecule has 0 saturated heterocycles. The molecule has 2 aromatic carbocycles. The molecule has 0 fully saturated rings. The summed E-state index contributed by atoms with van der Waals surface area (Å²) in [5.41, 5.74) is 5.99. The fourth-order valence-corrected chi connectivity index (χ4v) is 3.51. The Labute approximate surface area is 104 Å². The van der Waals surface area contributed by atoms with Crippen molar-refractivity contribution < 1.29 is 0 Å². The van der Waals surface area contributed by atoms with Gasteiger partial charge in [0.1, 0.15) is 0 Å². The third-order valence-electron chi connectivity index (χ3n) is 3.54. The number of aryl methyl sites for hydroxylation is 2. The Bertz CT molecular complexity index is 712. The van der Waals surface area contributed by atoms with E-state index >= 15 is 0 Å². The molecule has 1 aromatic heterocycles. The number of hydrogen-bond donors (Lipinski definition) is 0. The molecule has 17 heavy (non-hydrogen) atoms. The van der Waals surface area contributed by atoms with E-state index in [2.05, 4.69) is 41.4 Å². The van der Waals surface area contributed by atoms with E-state index in [9.17, 15) is 0 Å². The normalized spacial score (nSPS) is 13.4. The minimum absolute atomic E-state index is 1.14. The number of nitrogens with zero attached hydrogens (tertiary/aromatic N) is 1. The second-order valence-electron chi connectivity index (χ2n) is 4.44. The minimum Gasteiger partial charge on any atom is -0.244 e. The molecule has 0 atom stereocenters. The van der Waals surface area contributed by atoms with Gasteiger partial charge in [-0.25, -0.2) is 4.98 Å². The molecule has 2 heteroatoms. The van der Waals surface area contributed by atoms with E-state index in [1.807, 2.05) is 5.51 Å². The van der Waals surface area contributed by atoms with Crippen LogP contribution >= 0.6 is 11.3 Å². The van der Waals surface area contributed by atoms with Crippen molar-refractivity contribution in [1.82, 2.24) is 4.98 Å². The van der Waals surface area contributed by atoms with Crippen molar-refractivity contribution >= 4 is 22.1 Å². The lowest BCUT2D eigenvalue weighted by Crippen LogP contribution is -2.02. The second kappa shape index (κ2) is 3.41. The van der Waals surface area contributed by atoms with Crippen LogP contribution in [0.15, 0.2) is 41.9 Å². The molecule has 3 aromatic rings. The molecule has 0 N–H and O–H groups in total. The monoisotopic (exact) mass is 237 g/mol. The highest BCUT2D eigenvalue weighted by molar-refractivity contribution is 7.10. The standard InChI is InChI=1S/C15H11NS/c1-2-4-11-10(3-1)5-6-13-12(11)7-8-14-15(13)16-9-17-14/h1-6,9H,7-8H2. The SMILES string of the molecule is c1ccc2c3c(ccc2c1)-c1ncsc1CC3. The molecule has 1 heterocycles. The van der Waals surface area contributed by atoms with Gasteiger partial charge < -0.3 is 0 Å². The smallest absolute Gasteiger partial charge is 0.0846 e. The maximum Gasteiger partial charge on any atom is 0.0846 e. The zero-order valence-electron chi connectivity index (χ0n) is 9.31. The van der Waals surface area contributed by atoms with Crippen LogP contribution in [0.1, 0.15) is 10.4 Å². The summed E-state index contributed by atoms with van der Waals surface area (Å²) in [5.74, 6) is 0. The molecule has 1 aliphatic rings. The fraction of sp³-hybridized carbons (Fsp3) is 0.133. The molecular weight excluding hydrogens is 226 g/mol. The van der Waals surface area contributed by atoms with Crippen LogP contribution in [0.2, 0.25) is 0 Å². The lowest BCUT2D eigenvalue weighted by molar-refractivity contribution is 0.965. The quantitative estimate of drug-likeness (QED) is 0.574. The molecule has 1 aliphatic carbocycles. The molecule has 1 nitrogen and oxygen atoms in total. The molecule has 0 bridgehead atoms. The van der Waals surface area contributed by atoms with Gasteiger partial charge in [-0.2, -0.15) is 0 Å².